The van der Waals surface area contributed by atoms with Crippen molar-refractivity contribution in [1.29, 1.82) is 0 Å². The van der Waals surface area contributed by atoms with Gasteiger partial charge in [0, 0.05) is 30.4 Å². The molecule has 1 aromatic carbocycles. The number of nitrogen functional groups attached to an aromatic ring is 1. The van der Waals surface area contributed by atoms with Crippen molar-refractivity contribution in [3.63, 3.8) is 0 Å². The minimum Gasteiger partial charge on any atom is -0.397 e. The monoisotopic (exact) mass is 269 g/mol. The van der Waals surface area contributed by atoms with Gasteiger partial charge in [-0.2, -0.15) is 0 Å². The van der Waals surface area contributed by atoms with Crippen LogP contribution in [-0.4, -0.2) is 18.1 Å². The molecule has 1 aliphatic heterocycles. The number of hydrogen-bond acceptors (Lipinski definition) is 3. The fourth-order valence-electron chi connectivity index (χ4n) is 3.12. The van der Waals surface area contributed by atoms with Crippen molar-refractivity contribution in [3.05, 3.63) is 30.5 Å². The lowest BCUT2D eigenvalue weighted by Crippen LogP contribution is -2.25. The maximum Gasteiger partial charge on any atom is 0.0951 e. The highest BCUT2D eigenvalue weighted by Gasteiger charge is 2.24. The Morgan fingerprint density at radius 1 is 1.15 bits per heavy atom. The van der Waals surface area contributed by atoms with Crippen molar-refractivity contribution < 1.29 is 0 Å². The van der Waals surface area contributed by atoms with E-state index in [0.29, 0.717) is 5.41 Å². The van der Waals surface area contributed by atoms with E-state index >= 15 is 0 Å². The van der Waals surface area contributed by atoms with Crippen molar-refractivity contribution in [2.24, 2.45) is 5.41 Å². The Bertz CT molecular complexity index is 619. The van der Waals surface area contributed by atoms with E-state index in [0.717, 1.165) is 24.3 Å². The quantitative estimate of drug-likeness (QED) is 0.800. The van der Waals surface area contributed by atoms with Crippen LogP contribution in [-0.2, 0) is 0 Å². The molecule has 1 aliphatic rings. The zero-order valence-corrected chi connectivity index (χ0v) is 12.4. The van der Waals surface area contributed by atoms with Crippen LogP contribution in [0.5, 0.6) is 0 Å². The molecular weight excluding hydrogens is 246 g/mol. The van der Waals surface area contributed by atoms with E-state index in [9.17, 15) is 0 Å². The summed E-state index contributed by atoms with van der Waals surface area (Å²) >= 11 is 0. The molecule has 3 rings (SSSR count). The standard InChI is InChI=1S/C17H23N3/c1-17(2)8-4-11-20(12-9-17)15-7-6-14(18)16-13(15)5-3-10-19-16/h3,5-7,10H,4,8-9,11-12,18H2,1-2H3. The number of fused-ring (bicyclic) bond motifs is 1. The Morgan fingerprint density at radius 3 is 2.85 bits per heavy atom. The maximum absolute atomic E-state index is 6.05. The van der Waals surface area contributed by atoms with Crippen molar-refractivity contribution in [2.75, 3.05) is 23.7 Å². The fourth-order valence-corrected chi connectivity index (χ4v) is 3.12. The second-order valence-corrected chi connectivity index (χ2v) is 6.58. The molecule has 2 heterocycles. The molecule has 3 heteroatoms. The number of nitrogens with zero attached hydrogens (tertiary/aromatic N) is 2. The third-order valence-corrected chi connectivity index (χ3v) is 4.46. The normalized spacial score (nSPS) is 19.0. The average Bonchev–Trinajstić information content (AvgIpc) is 2.61. The van der Waals surface area contributed by atoms with E-state index in [2.05, 4.69) is 35.9 Å². The van der Waals surface area contributed by atoms with Gasteiger partial charge < -0.3 is 10.6 Å². The van der Waals surface area contributed by atoms with Crippen LogP contribution >= 0.6 is 0 Å². The molecule has 0 spiro atoms. The number of pyridine rings is 1. The Kier molecular flexibility index (Phi) is 3.28. The van der Waals surface area contributed by atoms with Crippen LogP contribution in [0.4, 0.5) is 11.4 Å². The summed E-state index contributed by atoms with van der Waals surface area (Å²) in [6.07, 6.45) is 5.60. The molecule has 0 atom stereocenters. The molecule has 0 unspecified atom stereocenters. The first kappa shape index (κ1) is 13.2. The highest BCUT2D eigenvalue weighted by Crippen LogP contribution is 2.35. The lowest BCUT2D eigenvalue weighted by molar-refractivity contribution is 0.325. The van der Waals surface area contributed by atoms with Crippen LogP contribution in [0, 0.1) is 5.41 Å². The van der Waals surface area contributed by atoms with E-state index in [1.165, 1.54) is 30.3 Å². The van der Waals surface area contributed by atoms with Crippen LogP contribution in [0.3, 0.4) is 0 Å². The lowest BCUT2D eigenvalue weighted by atomic mass is 9.85. The largest absolute Gasteiger partial charge is 0.397 e. The van der Waals surface area contributed by atoms with Crippen LogP contribution in [0.1, 0.15) is 33.1 Å². The molecule has 2 N–H and O–H groups in total. The molecule has 20 heavy (non-hydrogen) atoms. The highest BCUT2D eigenvalue weighted by atomic mass is 15.1. The number of benzene rings is 1. The summed E-state index contributed by atoms with van der Waals surface area (Å²) in [5.41, 5.74) is 9.47. The van der Waals surface area contributed by atoms with Gasteiger partial charge >= 0.3 is 0 Å². The van der Waals surface area contributed by atoms with Crippen LogP contribution < -0.4 is 10.6 Å². The SMILES string of the molecule is CC1(C)CCCN(c2ccc(N)c3ncccc23)CC1. The molecule has 0 bridgehead atoms. The van der Waals surface area contributed by atoms with Crippen molar-refractivity contribution >= 4 is 22.3 Å². The van der Waals surface area contributed by atoms with Crippen LogP contribution in [0.2, 0.25) is 0 Å². The Hall–Kier alpha value is -1.77. The average molecular weight is 269 g/mol. The fraction of sp³-hybridized carbons (Fsp3) is 0.471. The summed E-state index contributed by atoms with van der Waals surface area (Å²) < 4.78 is 0. The summed E-state index contributed by atoms with van der Waals surface area (Å²) in [7, 11) is 0. The second kappa shape index (κ2) is 4.97. The van der Waals surface area contributed by atoms with Gasteiger partial charge in [-0.3, -0.25) is 4.98 Å². The van der Waals surface area contributed by atoms with Gasteiger partial charge in [-0.15, -0.1) is 0 Å². The van der Waals surface area contributed by atoms with E-state index in [1.54, 1.807) is 0 Å². The topological polar surface area (TPSA) is 42.1 Å². The predicted octanol–water partition coefficient (Wildman–Crippen LogP) is 3.83. The van der Waals surface area contributed by atoms with Gasteiger partial charge in [0.1, 0.15) is 0 Å². The van der Waals surface area contributed by atoms with Gasteiger partial charge in [-0.05, 0) is 48.9 Å². The van der Waals surface area contributed by atoms with E-state index in [4.69, 9.17) is 5.73 Å². The Balaban J connectivity index is 2.00. The third-order valence-electron chi connectivity index (χ3n) is 4.46. The summed E-state index contributed by atoms with van der Waals surface area (Å²) in [5.74, 6) is 0. The number of nitrogens with two attached hydrogens (primary N) is 1. The third kappa shape index (κ3) is 2.45. The zero-order chi connectivity index (χ0) is 14.2. The van der Waals surface area contributed by atoms with Gasteiger partial charge in [0.05, 0.1) is 11.2 Å². The summed E-state index contributed by atoms with van der Waals surface area (Å²) in [6.45, 7) is 6.98. The first-order valence-corrected chi connectivity index (χ1v) is 7.45. The number of aromatic nitrogens is 1. The smallest absolute Gasteiger partial charge is 0.0951 e. The Morgan fingerprint density at radius 2 is 2.00 bits per heavy atom. The first-order valence-electron chi connectivity index (χ1n) is 7.45. The molecule has 1 aromatic heterocycles. The maximum atomic E-state index is 6.05. The molecule has 0 amide bonds. The van der Waals surface area contributed by atoms with E-state index in [-0.39, 0.29) is 0 Å². The van der Waals surface area contributed by atoms with E-state index < -0.39 is 0 Å². The van der Waals surface area contributed by atoms with Crippen molar-refractivity contribution in [3.8, 4) is 0 Å². The number of rotatable bonds is 1. The van der Waals surface area contributed by atoms with Gasteiger partial charge in [-0.25, -0.2) is 0 Å². The molecule has 106 valence electrons. The Labute approximate surface area is 120 Å². The zero-order valence-electron chi connectivity index (χ0n) is 12.4. The molecule has 1 saturated heterocycles. The van der Waals surface area contributed by atoms with Crippen LogP contribution in [0.15, 0.2) is 30.5 Å². The highest BCUT2D eigenvalue weighted by molar-refractivity contribution is 5.98. The summed E-state index contributed by atoms with van der Waals surface area (Å²) in [6, 6.07) is 8.26. The van der Waals surface area contributed by atoms with Gasteiger partial charge in [0.15, 0.2) is 0 Å². The number of hydrogen-bond donors (Lipinski definition) is 1. The minimum atomic E-state index is 0.455. The molecule has 1 fully saturated rings. The lowest BCUT2D eigenvalue weighted by Gasteiger charge is -2.26. The molecule has 3 nitrogen and oxygen atoms in total. The molecule has 0 radical (unpaired) electrons. The first-order chi connectivity index (χ1) is 9.57. The number of anilines is 2. The predicted molar refractivity (Wildman–Crippen MR) is 86.0 cm³/mol. The van der Waals surface area contributed by atoms with Crippen LogP contribution in [0.25, 0.3) is 10.9 Å². The van der Waals surface area contributed by atoms with Gasteiger partial charge in [0.2, 0.25) is 0 Å². The van der Waals surface area contributed by atoms with Crippen molar-refractivity contribution in [2.45, 2.75) is 33.1 Å². The van der Waals surface area contributed by atoms with Gasteiger partial charge in [0.25, 0.3) is 0 Å². The summed E-state index contributed by atoms with van der Waals surface area (Å²) in [4.78, 5) is 6.93. The molecule has 0 saturated carbocycles. The van der Waals surface area contributed by atoms with Crippen molar-refractivity contribution in [1.82, 2.24) is 4.98 Å². The summed E-state index contributed by atoms with van der Waals surface area (Å²) in [5, 5.41) is 1.17. The molecular formula is C17H23N3. The van der Waals surface area contributed by atoms with Gasteiger partial charge in [-0.1, -0.05) is 13.8 Å². The van der Waals surface area contributed by atoms with E-state index in [1.807, 2.05) is 18.3 Å². The minimum absolute atomic E-state index is 0.455. The second-order valence-electron chi connectivity index (χ2n) is 6.58. The molecule has 0 aliphatic carbocycles. The molecule has 2 aromatic rings.